The van der Waals surface area contributed by atoms with Gasteiger partial charge < -0.3 is 19.8 Å². The van der Waals surface area contributed by atoms with Crippen LogP contribution in [0, 0.1) is 17.8 Å². The average Bonchev–Trinajstić information content (AvgIpc) is 3.50. The fraction of sp³-hybridized carbons (Fsp3) is 0.533. The molecule has 2 N–H and O–H groups in total. The van der Waals surface area contributed by atoms with Gasteiger partial charge in [-0.15, -0.1) is 0 Å². The van der Waals surface area contributed by atoms with Crippen molar-refractivity contribution < 1.29 is 33.0 Å². The zero-order valence-corrected chi connectivity index (χ0v) is 23.9. The Morgan fingerprint density at radius 1 is 1.15 bits per heavy atom. The van der Waals surface area contributed by atoms with Gasteiger partial charge in [-0.2, -0.15) is 4.31 Å². The SMILES string of the molecule is CC(C)CN(C[C@@H](O)[C@@H](CC(=O)OC1CC2CCO[C@@H]2C1)Cc1ccccc1)S(=O)(=O)c1cccc(/C=N/O)c1. The van der Waals surface area contributed by atoms with Crippen molar-refractivity contribution in [3.8, 4) is 0 Å². The van der Waals surface area contributed by atoms with Crippen LogP contribution < -0.4 is 0 Å². The Bertz CT molecular complexity index is 1240. The van der Waals surface area contributed by atoms with Crippen molar-refractivity contribution >= 4 is 22.2 Å². The highest BCUT2D eigenvalue weighted by molar-refractivity contribution is 7.89. The van der Waals surface area contributed by atoms with E-state index in [1.165, 1.54) is 16.4 Å². The first-order chi connectivity index (χ1) is 19.2. The lowest BCUT2D eigenvalue weighted by atomic mass is 9.90. The van der Waals surface area contributed by atoms with Crippen molar-refractivity contribution in [1.29, 1.82) is 0 Å². The van der Waals surface area contributed by atoms with Crippen molar-refractivity contribution in [3.63, 3.8) is 0 Å². The predicted octanol–water partition coefficient (Wildman–Crippen LogP) is 3.86. The predicted molar refractivity (Wildman–Crippen MR) is 151 cm³/mol. The van der Waals surface area contributed by atoms with Gasteiger partial charge in [0, 0.05) is 32.0 Å². The third-order valence-corrected chi connectivity index (χ3v) is 9.51. The van der Waals surface area contributed by atoms with Gasteiger partial charge in [-0.25, -0.2) is 8.42 Å². The van der Waals surface area contributed by atoms with Crippen LogP contribution in [0.5, 0.6) is 0 Å². The van der Waals surface area contributed by atoms with Crippen LogP contribution in [0.2, 0.25) is 0 Å². The second-order valence-electron chi connectivity index (χ2n) is 11.3. The summed E-state index contributed by atoms with van der Waals surface area (Å²) in [7, 11) is -3.99. The summed E-state index contributed by atoms with van der Waals surface area (Å²) in [5, 5.41) is 23.3. The normalized spacial score (nSPS) is 22.6. The number of ether oxygens (including phenoxy) is 2. The second-order valence-corrected chi connectivity index (χ2v) is 13.2. The number of sulfonamides is 1. The maximum atomic E-state index is 13.7. The molecule has 5 atom stereocenters. The Morgan fingerprint density at radius 2 is 1.93 bits per heavy atom. The topological polar surface area (TPSA) is 126 Å². The first-order valence-electron chi connectivity index (χ1n) is 14.0. The molecule has 1 saturated heterocycles. The monoisotopic (exact) mass is 572 g/mol. The Hall–Kier alpha value is -2.79. The van der Waals surface area contributed by atoms with Crippen molar-refractivity contribution in [2.45, 2.75) is 69.2 Å². The molecule has 0 radical (unpaired) electrons. The van der Waals surface area contributed by atoms with Crippen LogP contribution in [-0.4, -0.2) is 73.2 Å². The van der Waals surface area contributed by atoms with Crippen molar-refractivity contribution in [1.82, 2.24) is 4.31 Å². The molecule has 10 heteroatoms. The second kappa shape index (κ2) is 13.7. The van der Waals surface area contributed by atoms with E-state index in [4.69, 9.17) is 14.7 Å². The molecule has 218 valence electrons. The molecule has 0 amide bonds. The van der Waals surface area contributed by atoms with Crippen LogP contribution in [0.1, 0.15) is 50.7 Å². The third-order valence-electron chi connectivity index (χ3n) is 7.68. The van der Waals surface area contributed by atoms with Crippen molar-refractivity contribution in [3.05, 3.63) is 65.7 Å². The first-order valence-corrected chi connectivity index (χ1v) is 15.4. The van der Waals surface area contributed by atoms with Gasteiger partial charge in [-0.05, 0) is 54.4 Å². The molecule has 1 saturated carbocycles. The molecule has 1 heterocycles. The van der Waals surface area contributed by atoms with Crippen molar-refractivity contribution in [2.75, 3.05) is 19.7 Å². The van der Waals surface area contributed by atoms with Gasteiger partial charge in [0.15, 0.2) is 0 Å². The van der Waals surface area contributed by atoms with E-state index in [9.17, 15) is 18.3 Å². The van der Waals surface area contributed by atoms with Gasteiger partial charge in [0.1, 0.15) is 6.10 Å². The van der Waals surface area contributed by atoms with Crippen molar-refractivity contribution in [2.24, 2.45) is 22.9 Å². The number of hydrogen-bond donors (Lipinski definition) is 2. The number of carbonyl (C=O) groups is 1. The quantitative estimate of drug-likeness (QED) is 0.162. The van der Waals surface area contributed by atoms with Crippen LogP contribution in [0.25, 0.3) is 0 Å². The number of rotatable bonds is 13. The molecule has 9 nitrogen and oxygen atoms in total. The zero-order chi connectivity index (χ0) is 28.7. The fourth-order valence-electron chi connectivity index (χ4n) is 5.73. The average molecular weight is 573 g/mol. The lowest BCUT2D eigenvalue weighted by molar-refractivity contribution is -0.151. The van der Waals surface area contributed by atoms with Crippen LogP contribution in [-0.2, 0) is 30.7 Å². The molecule has 2 aromatic rings. The summed E-state index contributed by atoms with van der Waals surface area (Å²) in [4.78, 5) is 13.1. The molecule has 2 unspecified atom stereocenters. The fourth-order valence-corrected chi connectivity index (χ4v) is 7.41. The minimum absolute atomic E-state index is 0.00858. The summed E-state index contributed by atoms with van der Waals surface area (Å²) < 4.78 is 40.2. The number of oxime groups is 1. The number of esters is 1. The van der Waals surface area contributed by atoms with E-state index in [1.54, 1.807) is 12.1 Å². The summed E-state index contributed by atoms with van der Waals surface area (Å²) in [6.45, 7) is 4.58. The van der Waals surface area contributed by atoms with Crippen LogP contribution in [0.3, 0.4) is 0 Å². The third kappa shape index (κ3) is 7.90. The highest BCUT2D eigenvalue weighted by atomic mass is 32.2. The number of fused-ring (bicyclic) bond motifs is 1. The molecule has 2 fully saturated rings. The van der Waals surface area contributed by atoms with Gasteiger partial charge >= 0.3 is 5.97 Å². The Kier molecular flexibility index (Phi) is 10.3. The standard InChI is InChI=1S/C30H40N2O7S/c1-21(2)19-32(40(36,37)27-10-6-9-23(14-27)18-31-35)20-28(33)25(13-22-7-4-3-5-8-22)16-30(34)39-26-15-24-11-12-38-29(24)17-26/h3-10,14,18,21,24-26,28-29,33,35H,11-13,15-17,19-20H2,1-2H3/b31-18+/t24?,25-,26?,28-,29-/m1/s1. The van der Waals surface area contributed by atoms with Gasteiger partial charge in [-0.1, -0.05) is 61.5 Å². The van der Waals surface area contributed by atoms with E-state index in [1.807, 2.05) is 44.2 Å². The maximum absolute atomic E-state index is 13.7. The summed E-state index contributed by atoms with van der Waals surface area (Å²) in [5.74, 6) is -0.518. The smallest absolute Gasteiger partial charge is 0.306 e. The Morgan fingerprint density at radius 3 is 2.62 bits per heavy atom. The number of benzene rings is 2. The van der Waals surface area contributed by atoms with Gasteiger partial charge in [0.05, 0.1) is 29.7 Å². The lowest BCUT2D eigenvalue weighted by Gasteiger charge is -2.30. The number of hydrogen-bond acceptors (Lipinski definition) is 8. The van der Waals surface area contributed by atoms with E-state index in [-0.39, 0.29) is 48.5 Å². The number of aliphatic hydroxyl groups is 1. The minimum Gasteiger partial charge on any atom is -0.462 e. The summed E-state index contributed by atoms with van der Waals surface area (Å²) in [6.07, 6.45) is 2.86. The van der Waals surface area contributed by atoms with E-state index in [0.29, 0.717) is 24.3 Å². The highest BCUT2D eigenvalue weighted by Gasteiger charge is 2.40. The number of nitrogens with zero attached hydrogens (tertiary/aromatic N) is 2. The number of carbonyl (C=O) groups excluding carboxylic acids is 1. The summed E-state index contributed by atoms with van der Waals surface area (Å²) >= 11 is 0. The molecule has 2 aromatic carbocycles. The van der Waals surface area contributed by atoms with Crippen LogP contribution in [0.15, 0.2) is 64.6 Å². The van der Waals surface area contributed by atoms with Crippen LogP contribution in [0.4, 0.5) is 0 Å². The maximum Gasteiger partial charge on any atom is 0.306 e. The zero-order valence-electron chi connectivity index (χ0n) is 23.1. The summed E-state index contributed by atoms with van der Waals surface area (Å²) in [6, 6.07) is 15.6. The molecule has 1 aliphatic heterocycles. The molecule has 40 heavy (non-hydrogen) atoms. The highest BCUT2D eigenvalue weighted by Crippen LogP contribution is 2.37. The molecule has 4 rings (SSSR count). The summed E-state index contributed by atoms with van der Waals surface area (Å²) in [5.41, 5.74) is 1.37. The van der Waals surface area contributed by atoms with E-state index < -0.39 is 22.0 Å². The molecule has 0 aromatic heterocycles. The molecule has 2 aliphatic rings. The molecule has 0 bridgehead atoms. The Balaban J connectivity index is 1.51. The van der Waals surface area contributed by atoms with Gasteiger partial charge in [-0.3, -0.25) is 4.79 Å². The van der Waals surface area contributed by atoms with E-state index in [2.05, 4.69) is 5.16 Å². The van der Waals surface area contributed by atoms with Gasteiger partial charge in [0.25, 0.3) is 0 Å². The largest absolute Gasteiger partial charge is 0.462 e. The molecular weight excluding hydrogens is 532 g/mol. The molecule has 0 spiro atoms. The van der Waals surface area contributed by atoms with Gasteiger partial charge in [0.2, 0.25) is 10.0 Å². The molecule has 1 aliphatic carbocycles. The number of aliphatic hydroxyl groups excluding tert-OH is 1. The van der Waals surface area contributed by atoms with Crippen LogP contribution >= 0.6 is 0 Å². The minimum atomic E-state index is -3.99. The first kappa shape index (κ1) is 30.2. The van der Waals surface area contributed by atoms with E-state index in [0.717, 1.165) is 31.2 Å². The lowest BCUT2D eigenvalue weighted by Crippen LogP contribution is -2.43. The molecular formula is C30H40N2O7S. The van der Waals surface area contributed by atoms with E-state index >= 15 is 0 Å². The Labute approximate surface area is 236 Å².